The zero-order valence-electron chi connectivity index (χ0n) is 16.6. The Morgan fingerprint density at radius 1 is 1.07 bits per heavy atom. The van der Waals surface area contributed by atoms with Gasteiger partial charge in [-0.15, -0.1) is 0 Å². The van der Waals surface area contributed by atoms with E-state index in [-0.39, 0.29) is 29.6 Å². The van der Waals surface area contributed by atoms with Gasteiger partial charge in [0.1, 0.15) is 6.04 Å². The molecule has 2 fully saturated rings. The maximum absolute atomic E-state index is 12.6. The van der Waals surface area contributed by atoms with Crippen molar-refractivity contribution in [3.8, 4) is 0 Å². The molecule has 3 unspecified atom stereocenters. The van der Waals surface area contributed by atoms with E-state index in [1.165, 1.54) is 6.92 Å². The number of aryl methyl sites for hydroxylation is 1. The highest BCUT2D eigenvalue weighted by molar-refractivity contribution is 6.08. The van der Waals surface area contributed by atoms with E-state index in [9.17, 15) is 19.2 Å². The number of amides is 3. The lowest BCUT2D eigenvalue weighted by molar-refractivity contribution is -0.159. The van der Waals surface area contributed by atoms with Crippen LogP contribution in [0.3, 0.4) is 0 Å². The lowest BCUT2D eigenvalue weighted by atomic mass is 9.81. The third kappa shape index (κ3) is 3.54. The van der Waals surface area contributed by atoms with E-state index in [2.05, 4.69) is 0 Å². The van der Waals surface area contributed by atoms with Gasteiger partial charge < -0.3 is 9.64 Å². The molecule has 2 aliphatic heterocycles. The van der Waals surface area contributed by atoms with E-state index in [1.807, 2.05) is 24.3 Å². The fourth-order valence-corrected chi connectivity index (χ4v) is 4.80. The van der Waals surface area contributed by atoms with Crippen molar-refractivity contribution in [2.75, 3.05) is 18.1 Å². The molecule has 0 N–H and O–H groups in total. The van der Waals surface area contributed by atoms with Crippen LogP contribution in [0.1, 0.15) is 44.6 Å². The van der Waals surface area contributed by atoms with Crippen molar-refractivity contribution in [1.82, 2.24) is 4.90 Å². The van der Waals surface area contributed by atoms with Gasteiger partial charge in [-0.05, 0) is 44.2 Å². The minimum absolute atomic E-state index is 0.277. The van der Waals surface area contributed by atoms with Gasteiger partial charge in [-0.25, -0.2) is 4.79 Å². The minimum Gasteiger partial charge on any atom is -0.454 e. The average molecular weight is 398 g/mol. The minimum atomic E-state index is -1.01. The summed E-state index contributed by atoms with van der Waals surface area (Å²) < 4.78 is 5.22. The summed E-state index contributed by atoms with van der Waals surface area (Å²) >= 11 is 0. The van der Waals surface area contributed by atoms with Crippen molar-refractivity contribution in [2.24, 2.45) is 11.8 Å². The number of carbonyl (C=O) groups excluding carboxylic acids is 4. The normalized spacial score (nSPS) is 24.7. The van der Waals surface area contributed by atoms with Gasteiger partial charge in [0.05, 0.1) is 11.8 Å². The average Bonchev–Trinajstić information content (AvgIpc) is 3.01. The molecule has 0 aromatic heterocycles. The summed E-state index contributed by atoms with van der Waals surface area (Å²) in [5.41, 5.74) is 1.95. The van der Waals surface area contributed by atoms with Gasteiger partial charge in [0, 0.05) is 12.2 Å². The fraction of sp³-hybridized carbons (Fsp3) is 0.545. The van der Waals surface area contributed by atoms with Crippen LogP contribution in [0.5, 0.6) is 0 Å². The third-order valence-corrected chi connectivity index (χ3v) is 6.35. The smallest absolute Gasteiger partial charge is 0.329 e. The lowest BCUT2D eigenvalue weighted by Gasteiger charge is -2.29. The number of fused-ring (bicyclic) bond motifs is 2. The molecule has 1 aliphatic carbocycles. The molecule has 7 heteroatoms. The quantitative estimate of drug-likeness (QED) is 0.573. The number of anilines is 1. The Bertz CT molecular complexity index is 827. The third-order valence-electron chi connectivity index (χ3n) is 6.35. The van der Waals surface area contributed by atoms with Crippen LogP contribution in [-0.2, 0) is 30.3 Å². The Hall–Kier alpha value is -2.70. The topological polar surface area (TPSA) is 84.0 Å². The van der Waals surface area contributed by atoms with Gasteiger partial charge in [-0.1, -0.05) is 31.0 Å². The predicted octanol–water partition coefficient (Wildman–Crippen LogP) is 2.07. The number of hydrogen-bond acceptors (Lipinski definition) is 5. The summed E-state index contributed by atoms with van der Waals surface area (Å²) in [5, 5.41) is 0. The SMILES string of the molecule is CC(C(=O)OCC(=O)N1CCCc2ccccc21)N1C(=O)C2CCCCC2C1=O. The Morgan fingerprint density at radius 3 is 2.41 bits per heavy atom. The Balaban J connectivity index is 1.38. The molecule has 7 nitrogen and oxygen atoms in total. The molecule has 1 aromatic carbocycles. The highest BCUT2D eigenvalue weighted by Gasteiger charge is 2.51. The van der Waals surface area contributed by atoms with E-state index in [1.54, 1.807) is 4.90 Å². The van der Waals surface area contributed by atoms with Gasteiger partial charge >= 0.3 is 5.97 Å². The molecule has 2 heterocycles. The van der Waals surface area contributed by atoms with Crippen LogP contribution in [0.2, 0.25) is 0 Å². The first-order valence-corrected chi connectivity index (χ1v) is 10.4. The van der Waals surface area contributed by atoms with E-state index >= 15 is 0 Å². The molecular weight excluding hydrogens is 372 g/mol. The number of rotatable bonds is 4. The Kier molecular flexibility index (Phi) is 5.39. The number of nitrogens with zero attached hydrogens (tertiary/aromatic N) is 2. The van der Waals surface area contributed by atoms with E-state index in [0.717, 1.165) is 41.8 Å². The van der Waals surface area contributed by atoms with Crippen LogP contribution >= 0.6 is 0 Å². The van der Waals surface area contributed by atoms with Crippen molar-refractivity contribution in [1.29, 1.82) is 0 Å². The molecule has 29 heavy (non-hydrogen) atoms. The van der Waals surface area contributed by atoms with Gasteiger partial charge in [-0.2, -0.15) is 0 Å². The highest BCUT2D eigenvalue weighted by atomic mass is 16.5. The van der Waals surface area contributed by atoms with Crippen LogP contribution in [0, 0.1) is 11.8 Å². The fourth-order valence-electron chi connectivity index (χ4n) is 4.80. The number of likely N-dealkylation sites (tertiary alicyclic amines) is 1. The van der Waals surface area contributed by atoms with Crippen molar-refractivity contribution in [3.63, 3.8) is 0 Å². The summed E-state index contributed by atoms with van der Waals surface area (Å²) in [6, 6.07) is 6.69. The number of hydrogen-bond donors (Lipinski definition) is 0. The van der Waals surface area contributed by atoms with Crippen LogP contribution < -0.4 is 4.90 Å². The molecule has 0 radical (unpaired) electrons. The predicted molar refractivity (Wildman–Crippen MR) is 105 cm³/mol. The summed E-state index contributed by atoms with van der Waals surface area (Å²) in [6.07, 6.45) is 5.02. The summed E-state index contributed by atoms with van der Waals surface area (Å²) in [4.78, 5) is 53.1. The van der Waals surface area contributed by atoms with Crippen molar-refractivity contribution < 1.29 is 23.9 Å². The summed E-state index contributed by atoms with van der Waals surface area (Å²) in [6.45, 7) is 1.67. The van der Waals surface area contributed by atoms with Crippen LogP contribution in [0.25, 0.3) is 0 Å². The molecule has 3 atom stereocenters. The molecule has 3 aliphatic rings. The molecule has 1 saturated carbocycles. The second-order valence-electron chi connectivity index (χ2n) is 8.11. The van der Waals surface area contributed by atoms with E-state index in [4.69, 9.17) is 4.74 Å². The molecule has 0 bridgehead atoms. The van der Waals surface area contributed by atoms with Crippen molar-refractivity contribution in [2.45, 2.75) is 51.5 Å². The monoisotopic (exact) mass is 398 g/mol. The lowest BCUT2D eigenvalue weighted by Crippen LogP contribution is -2.45. The zero-order valence-corrected chi connectivity index (χ0v) is 16.6. The maximum Gasteiger partial charge on any atom is 0.329 e. The van der Waals surface area contributed by atoms with Crippen molar-refractivity contribution in [3.05, 3.63) is 29.8 Å². The van der Waals surface area contributed by atoms with Gasteiger partial charge in [0.25, 0.3) is 5.91 Å². The molecule has 0 spiro atoms. The molecule has 154 valence electrons. The molecular formula is C22H26N2O5. The first kappa shape index (κ1) is 19.6. The number of para-hydroxylation sites is 1. The first-order valence-electron chi connectivity index (χ1n) is 10.4. The molecule has 1 aromatic rings. The summed E-state index contributed by atoms with van der Waals surface area (Å²) in [5.74, 6) is -2.19. The second-order valence-corrected chi connectivity index (χ2v) is 8.11. The van der Waals surface area contributed by atoms with Crippen LogP contribution in [-0.4, -0.2) is 47.8 Å². The zero-order chi connectivity index (χ0) is 20.5. The Labute approximate surface area is 170 Å². The number of carbonyl (C=O) groups is 4. The van der Waals surface area contributed by atoms with Crippen molar-refractivity contribution >= 4 is 29.4 Å². The van der Waals surface area contributed by atoms with Gasteiger partial charge in [0.2, 0.25) is 11.8 Å². The van der Waals surface area contributed by atoms with Gasteiger partial charge in [0.15, 0.2) is 6.61 Å². The van der Waals surface area contributed by atoms with Gasteiger partial charge in [-0.3, -0.25) is 19.3 Å². The number of esters is 1. The molecule has 3 amide bonds. The largest absolute Gasteiger partial charge is 0.454 e. The molecule has 4 rings (SSSR count). The maximum atomic E-state index is 12.6. The van der Waals surface area contributed by atoms with Crippen LogP contribution in [0.4, 0.5) is 5.69 Å². The number of benzene rings is 1. The van der Waals surface area contributed by atoms with E-state index < -0.39 is 18.6 Å². The first-order chi connectivity index (χ1) is 14.0. The van der Waals surface area contributed by atoms with E-state index in [0.29, 0.717) is 19.4 Å². The standard InChI is InChI=1S/C22H26N2O5/c1-14(24-20(26)16-9-3-4-10-17(16)21(24)27)22(28)29-13-19(25)23-12-6-8-15-7-2-5-11-18(15)23/h2,5,7,11,14,16-17H,3-4,6,8-10,12-13H2,1H3. The Morgan fingerprint density at radius 2 is 1.72 bits per heavy atom. The highest BCUT2D eigenvalue weighted by Crippen LogP contribution is 2.39. The van der Waals surface area contributed by atoms with Crippen LogP contribution in [0.15, 0.2) is 24.3 Å². The number of ether oxygens (including phenoxy) is 1. The molecule has 1 saturated heterocycles. The number of imide groups is 1. The summed E-state index contributed by atoms with van der Waals surface area (Å²) in [7, 11) is 0. The second kappa shape index (κ2) is 7.97.